The van der Waals surface area contributed by atoms with Crippen LogP contribution in [0.1, 0.15) is 22.3 Å². The molecule has 0 unspecified atom stereocenters. The molecule has 2 aliphatic heterocycles. The quantitative estimate of drug-likeness (QED) is 0.159. The topological polar surface area (TPSA) is 158 Å². The second kappa shape index (κ2) is 11.6. The Morgan fingerprint density at radius 2 is 1.22 bits per heavy atom. The van der Waals surface area contributed by atoms with Crippen molar-refractivity contribution < 1.29 is 4.39 Å². The van der Waals surface area contributed by atoms with E-state index in [2.05, 4.69) is 95.1 Å². The molecule has 4 N–H and O–H groups in total. The maximum absolute atomic E-state index is 13.2. The average molecular weight is 674 g/mol. The summed E-state index contributed by atoms with van der Waals surface area (Å²) in [7, 11) is 0. The zero-order valence-corrected chi connectivity index (χ0v) is 25.4. The Labute approximate surface area is 268 Å². The predicted molar refractivity (Wildman–Crippen MR) is 179 cm³/mol. The number of benzene rings is 3. The average Bonchev–Trinajstić information content (AvgIpc) is 3.89. The van der Waals surface area contributed by atoms with Crippen LogP contribution in [-0.2, 0) is 13.1 Å². The van der Waals surface area contributed by atoms with E-state index in [0.717, 1.165) is 62.2 Å². The zero-order valence-electron chi connectivity index (χ0n) is 23.8. The van der Waals surface area contributed by atoms with Gasteiger partial charge in [0.05, 0.1) is 29.6 Å². The fourth-order valence-electron chi connectivity index (χ4n) is 5.32. The van der Waals surface area contributed by atoms with Crippen molar-refractivity contribution in [2.24, 2.45) is 9.98 Å². The third-order valence-electron chi connectivity index (χ3n) is 7.59. The molecule has 7 aromatic rings. The SMILES string of the molecule is Brc1[nH]nc2ncnc(Nc3ccc4c(c3)C=NC4)c12.Fc1ccc(-c2[nH]nc3ncnc(Nc4ccc5c(c4)C=NC5)c23)cc1. The van der Waals surface area contributed by atoms with Crippen molar-refractivity contribution in [3.05, 3.63) is 106 Å². The van der Waals surface area contributed by atoms with Crippen LogP contribution in [0.3, 0.4) is 0 Å². The molecule has 0 aliphatic carbocycles. The second-order valence-electron chi connectivity index (χ2n) is 10.5. The van der Waals surface area contributed by atoms with E-state index < -0.39 is 0 Å². The summed E-state index contributed by atoms with van der Waals surface area (Å²) < 4.78 is 14.0. The fraction of sp³-hybridized carbons (Fsp3) is 0.0625. The van der Waals surface area contributed by atoms with Crippen molar-refractivity contribution in [1.82, 2.24) is 40.3 Å². The molecular weight excluding hydrogens is 651 g/mol. The summed E-state index contributed by atoms with van der Waals surface area (Å²) in [6, 6.07) is 18.5. The fourth-order valence-corrected chi connectivity index (χ4v) is 5.78. The Kier molecular flexibility index (Phi) is 6.94. The largest absolute Gasteiger partial charge is 0.339 e. The molecule has 4 aromatic heterocycles. The number of aromatic nitrogens is 8. The summed E-state index contributed by atoms with van der Waals surface area (Å²) in [6.07, 6.45) is 6.73. The predicted octanol–water partition coefficient (Wildman–Crippen LogP) is 6.63. The third kappa shape index (κ3) is 5.24. The van der Waals surface area contributed by atoms with Crippen LogP contribution in [0, 0.1) is 5.82 Å². The van der Waals surface area contributed by atoms with E-state index >= 15 is 0 Å². The molecule has 0 atom stereocenters. The number of nitrogens with one attached hydrogen (secondary N) is 4. The van der Waals surface area contributed by atoms with Gasteiger partial charge in [-0.05, 0) is 86.7 Å². The number of hydrogen-bond acceptors (Lipinski definition) is 10. The highest BCUT2D eigenvalue weighted by Gasteiger charge is 2.16. The molecular formula is C32H22BrFN12. The zero-order chi connectivity index (χ0) is 31.0. The lowest BCUT2D eigenvalue weighted by atomic mass is 10.1. The summed E-state index contributed by atoms with van der Waals surface area (Å²) in [6.45, 7) is 1.49. The van der Waals surface area contributed by atoms with Crippen molar-refractivity contribution in [2.45, 2.75) is 13.1 Å². The van der Waals surface area contributed by atoms with Crippen LogP contribution in [0.2, 0.25) is 0 Å². The first-order valence-electron chi connectivity index (χ1n) is 14.2. The van der Waals surface area contributed by atoms with Gasteiger partial charge in [0.25, 0.3) is 0 Å². The van der Waals surface area contributed by atoms with Gasteiger partial charge in [0.1, 0.15) is 34.7 Å². The summed E-state index contributed by atoms with van der Waals surface area (Å²) in [5, 5.41) is 22.4. The molecule has 0 saturated carbocycles. The maximum atomic E-state index is 13.2. The molecule has 0 amide bonds. The van der Waals surface area contributed by atoms with Crippen molar-refractivity contribution in [3.63, 3.8) is 0 Å². The van der Waals surface area contributed by atoms with E-state index in [-0.39, 0.29) is 5.82 Å². The summed E-state index contributed by atoms with van der Waals surface area (Å²) in [5.41, 5.74) is 9.29. The van der Waals surface area contributed by atoms with E-state index in [1.54, 1.807) is 12.1 Å². The minimum Gasteiger partial charge on any atom is -0.339 e. The number of hydrogen-bond donors (Lipinski definition) is 4. The minimum atomic E-state index is -0.285. The minimum absolute atomic E-state index is 0.285. The first-order valence-corrected chi connectivity index (χ1v) is 15.0. The molecule has 0 fully saturated rings. The molecule has 12 nitrogen and oxygen atoms in total. The summed E-state index contributed by atoms with van der Waals surface area (Å²) >= 11 is 3.42. The van der Waals surface area contributed by atoms with E-state index in [1.165, 1.54) is 35.9 Å². The Morgan fingerprint density at radius 1 is 0.652 bits per heavy atom. The molecule has 224 valence electrons. The number of aliphatic imine (C=N–C) groups is 2. The second-order valence-corrected chi connectivity index (χ2v) is 11.3. The van der Waals surface area contributed by atoms with Gasteiger partial charge >= 0.3 is 0 Å². The molecule has 14 heteroatoms. The van der Waals surface area contributed by atoms with Crippen molar-refractivity contribution >= 4 is 73.4 Å². The van der Waals surface area contributed by atoms with Gasteiger partial charge in [-0.25, -0.2) is 24.3 Å². The van der Waals surface area contributed by atoms with Gasteiger partial charge in [0, 0.05) is 29.4 Å². The lowest BCUT2D eigenvalue weighted by molar-refractivity contribution is 0.628. The van der Waals surface area contributed by atoms with Crippen LogP contribution in [0.4, 0.5) is 27.4 Å². The standard InChI is InChI=1S/C19H13FN6.C13H9BrN6/c20-14-4-1-11(2-5-14)17-16-18(22-10-23-19(16)26-25-17)24-15-6-3-12-8-21-9-13(12)7-15;14-11-10-12(16-6-17-13(10)20-19-11)18-9-2-1-7-4-15-5-8(7)3-9/h1-7,9-10H,8H2,(H2,22,23,24,25,26);1-3,5-6H,4H2,(H2,16,17,18,19,20). The molecule has 3 aromatic carbocycles. The summed E-state index contributed by atoms with van der Waals surface area (Å²) in [4.78, 5) is 25.5. The van der Waals surface area contributed by atoms with Gasteiger partial charge in [-0.3, -0.25) is 20.2 Å². The molecule has 2 aliphatic rings. The molecule has 0 saturated heterocycles. The van der Waals surface area contributed by atoms with Crippen LogP contribution >= 0.6 is 15.9 Å². The lowest BCUT2D eigenvalue weighted by Crippen LogP contribution is -1.97. The van der Waals surface area contributed by atoms with Gasteiger partial charge in [-0.1, -0.05) is 12.1 Å². The van der Waals surface area contributed by atoms with E-state index in [4.69, 9.17) is 0 Å². The monoisotopic (exact) mass is 672 g/mol. The number of aromatic amines is 2. The van der Waals surface area contributed by atoms with Crippen molar-refractivity contribution in [1.29, 1.82) is 0 Å². The smallest absolute Gasteiger partial charge is 0.187 e. The number of rotatable bonds is 5. The maximum Gasteiger partial charge on any atom is 0.187 e. The molecule has 0 spiro atoms. The van der Waals surface area contributed by atoms with Crippen LogP contribution in [0.25, 0.3) is 33.3 Å². The van der Waals surface area contributed by atoms with Gasteiger partial charge in [0.2, 0.25) is 0 Å². The number of H-pyrrole nitrogens is 2. The van der Waals surface area contributed by atoms with Crippen molar-refractivity contribution in [3.8, 4) is 11.3 Å². The van der Waals surface area contributed by atoms with Crippen LogP contribution in [-0.4, -0.2) is 52.8 Å². The number of nitrogens with zero attached hydrogens (tertiary/aromatic N) is 8. The van der Waals surface area contributed by atoms with E-state index in [1.807, 2.05) is 30.6 Å². The number of halogens is 2. The van der Waals surface area contributed by atoms with Crippen molar-refractivity contribution in [2.75, 3.05) is 10.6 Å². The van der Waals surface area contributed by atoms with Gasteiger partial charge < -0.3 is 10.6 Å². The van der Waals surface area contributed by atoms with E-state index in [9.17, 15) is 4.39 Å². The lowest BCUT2D eigenvalue weighted by Gasteiger charge is -2.09. The third-order valence-corrected chi connectivity index (χ3v) is 8.17. The van der Waals surface area contributed by atoms with Gasteiger partial charge in [-0.15, -0.1) is 0 Å². The highest BCUT2D eigenvalue weighted by molar-refractivity contribution is 9.10. The van der Waals surface area contributed by atoms with Gasteiger partial charge in [-0.2, -0.15) is 10.2 Å². The van der Waals surface area contributed by atoms with Crippen LogP contribution in [0.5, 0.6) is 0 Å². The molecule has 6 heterocycles. The van der Waals surface area contributed by atoms with Gasteiger partial charge in [0.15, 0.2) is 11.3 Å². The Bertz CT molecular complexity index is 2310. The molecule has 9 rings (SSSR count). The Hall–Kier alpha value is -5.89. The van der Waals surface area contributed by atoms with E-state index in [0.29, 0.717) is 22.9 Å². The number of fused-ring (bicyclic) bond motifs is 4. The first kappa shape index (κ1) is 27.6. The highest BCUT2D eigenvalue weighted by Crippen LogP contribution is 2.32. The van der Waals surface area contributed by atoms with Crippen LogP contribution < -0.4 is 10.6 Å². The Balaban J connectivity index is 0.000000140. The Morgan fingerprint density at radius 3 is 1.85 bits per heavy atom. The molecule has 0 radical (unpaired) electrons. The molecule has 0 bridgehead atoms. The first-order chi connectivity index (χ1) is 22.6. The normalized spacial score (nSPS) is 12.7. The summed E-state index contributed by atoms with van der Waals surface area (Å²) in [5.74, 6) is 1.07. The number of anilines is 4. The van der Waals surface area contributed by atoms with Crippen LogP contribution in [0.15, 0.2) is 87.9 Å². The molecule has 46 heavy (non-hydrogen) atoms. The highest BCUT2D eigenvalue weighted by atomic mass is 79.9.